The number of ether oxygens (including phenoxy) is 2. The average molecular weight is 352 g/mol. The first-order valence-electron chi connectivity index (χ1n) is 7.13. The molecule has 0 atom stereocenters. The minimum Gasteiger partial charge on any atom is -0.493 e. The molecule has 0 heterocycles. The number of halogens is 2. The first-order chi connectivity index (χ1) is 11.5. The molecule has 0 saturated heterocycles. The number of hydrogen-bond donors (Lipinski definition) is 1. The fourth-order valence-electron chi connectivity index (χ4n) is 1.76. The second kappa shape index (κ2) is 8.88. The quantitative estimate of drug-likeness (QED) is 0.776. The Labute approximate surface area is 143 Å². The van der Waals surface area contributed by atoms with Crippen LogP contribution in [0.4, 0.5) is 10.1 Å². The number of anilines is 1. The van der Waals surface area contributed by atoms with E-state index in [1.807, 2.05) is 18.2 Å². The molecule has 0 fully saturated rings. The zero-order chi connectivity index (χ0) is 17.4. The minimum absolute atomic E-state index is 0.0184. The Morgan fingerprint density at radius 3 is 2.58 bits per heavy atom. The molecule has 1 amide bonds. The Bertz CT molecular complexity index is 709. The molecule has 0 aliphatic rings. The summed E-state index contributed by atoms with van der Waals surface area (Å²) in [6, 6.07) is 12.8. The predicted octanol–water partition coefficient (Wildman–Crippen LogP) is 3.43. The minimum atomic E-state index is -0.584. The third-order valence-electron chi connectivity index (χ3n) is 2.89. The van der Waals surface area contributed by atoms with Gasteiger partial charge in [0.05, 0.1) is 18.1 Å². The molecule has 0 unspecified atom stereocenters. The first kappa shape index (κ1) is 17.7. The van der Waals surface area contributed by atoms with Crippen LogP contribution in [0.2, 0.25) is 5.02 Å². The Kier molecular flexibility index (Phi) is 6.57. The molecule has 0 bridgehead atoms. The van der Waals surface area contributed by atoms with Gasteiger partial charge in [0.15, 0.2) is 6.61 Å². The molecule has 0 aliphatic heterocycles. The van der Waals surface area contributed by atoms with E-state index in [1.54, 1.807) is 12.1 Å². The highest BCUT2D eigenvalue weighted by atomic mass is 35.5. The Balaban J connectivity index is 1.67. The van der Waals surface area contributed by atoms with E-state index in [9.17, 15) is 14.0 Å². The Hall–Kier alpha value is -2.60. The summed E-state index contributed by atoms with van der Waals surface area (Å²) >= 11 is 5.61. The van der Waals surface area contributed by atoms with Gasteiger partial charge in [-0.1, -0.05) is 29.8 Å². The topological polar surface area (TPSA) is 64.6 Å². The van der Waals surface area contributed by atoms with E-state index in [-0.39, 0.29) is 18.1 Å². The van der Waals surface area contributed by atoms with Crippen LogP contribution >= 0.6 is 11.6 Å². The van der Waals surface area contributed by atoms with Crippen molar-refractivity contribution in [2.24, 2.45) is 0 Å². The highest BCUT2D eigenvalue weighted by molar-refractivity contribution is 6.31. The average Bonchev–Trinajstić information content (AvgIpc) is 2.57. The molecule has 2 aromatic carbocycles. The number of carbonyl (C=O) groups is 2. The maximum absolute atomic E-state index is 13.0. The molecule has 0 spiro atoms. The van der Waals surface area contributed by atoms with Crippen molar-refractivity contribution in [3.8, 4) is 5.75 Å². The molecular weight excluding hydrogens is 337 g/mol. The van der Waals surface area contributed by atoms with Gasteiger partial charge in [0.25, 0.3) is 5.91 Å². The van der Waals surface area contributed by atoms with Crippen molar-refractivity contribution >= 4 is 29.2 Å². The zero-order valence-corrected chi connectivity index (χ0v) is 13.4. The maximum Gasteiger partial charge on any atom is 0.309 e. The van der Waals surface area contributed by atoms with E-state index in [2.05, 4.69) is 5.32 Å². The zero-order valence-electron chi connectivity index (χ0n) is 12.6. The van der Waals surface area contributed by atoms with Gasteiger partial charge in [0, 0.05) is 5.69 Å². The number of esters is 1. The number of hydrogen-bond acceptors (Lipinski definition) is 4. The maximum atomic E-state index is 13.0. The van der Waals surface area contributed by atoms with E-state index in [1.165, 1.54) is 12.1 Å². The lowest BCUT2D eigenvalue weighted by Gasteiger charge is -2.08. The summed E-state index contributed by atoms with van der Waals surface area (Å²) in [6.07, 6.45) is 0.0184. The second-order valence-corrected chi connectivity index (χ2v) is 5.16. The number of nitrogens with one attached hydrogen (secondary N) is 1. The Morgan fingerprint density at radius 2 is 1.88 bits per heavy atom. The molecule has 1 N–H and O–H groups in total. The van der Waals surface area contributed by atoms with Crippen molar-refractivity contribution in [3.05, 3.63) is 59.4 Å². The summed E-state index contributed by atoms with van der Waals surface area (Å²) in [4.78, 5) is 23.2. The van der Waals surface area contributed by atoms with Gasteiger partial charge in [0.2, 0.25) is 0 Å². The van der Waals surface area contributed by atoms with Crippen molar-refractivity contribution in [2.45, 2.75) is 6.42 Å². The number of rotatable bonds is 7. The largest absolute Gasteiger partial charge is 0.493 e. The Morgan fingerprint density at radius 1 is 1.12 bits per heavy atom. The summed E-state index contributed by atoms with van der Waals surface area (Å²) in [7, 11) is 0. The molecule has 0 aliphatic carbocycles. The van der Waals surface area contributed by atoms with Gasteiger partial charge >= 0.3 is 5.97 Å². The van der Waals surface area contributed by atoms with Crippen molar-refractivity contribution in [2.75, 3.05) is 18.5 Å². The number of benzene rings is 2. The van der Waals surface area contributed by atoms with Gasteiger partial charge in [-0.2, -0.15) is 0 Å². The SMILES string of the molecule is O=C(COC(=O)CCOc1ccccc1)Nc1ccc(F)c(Cl)c1. The number of amides is 1. The highest BCUT2D eigenvalue weighted by Gasteiger charge is 2.09. The van der Waals surface area contributed by atoms with Crippen LogP contribution in [0.5, 0.6) is 5.75 Å². The van der Waals surface area contributed by atoms with Crippen LogP contribution in [0.25, 0.3) is 0 Å². The molecule has 0 saturated carbocycles. The van der Waals surface area contributed by atoms with E-state index in [0.717, 1.165) is 6.07 Å². The van der Waals surface area contributed by atoms with Gasteiger partial charge in [0.1, 0.15) is 11.6 Å². The number of carbonyl (C=O) groups excluding carboxylic acids is 2. The lowest BCUT2D eigenvalue weighted by molar-refractivity contribution is -0.147. The molecule has 2 aromatic rings. The van der Waals surface area contributed by atoms with Gasteiger partial charge < -0.3 is 14.8 Å². The van der Waals surface area contributed by atoms with Crippen LogP contribution in [0.1, 0.15) is 6.42 Å². The molecular formula is C17H15ClFNO4. The smallest absolute Gasteiger partial charge is 0.309 e. The van der Waals surface area contributed by atoms with Crippen LogP contribution in [0.15, 0.2) is 48.5 Å². The fraction of sp³-hybridized carbons (Fsp3) is 0.176. The standard InChI is InChI=1S/C17H15ClFNO4/c18-14-10-12(6-7-15(14)19)20-16(21)11-24-17(22)8-9-23-13-4-2-1-3-5-13/h1-7,10H,8-9,11H2,(H,20,21). The van der Waals surface area contributed by atoms with Gasteiger partial charge in [-0.25, -0.2) is 4.39 Å². The molecule has 7 heteroatoms. The van der Waals surface area contributed by atoms with Gasteiger partial charge in [-0.15, -0.1) is 0 Å². The van der Waals surface area contributed by atoms with E-state index in [0.29, 0.717) is 11.4 Å². The van der Waals surface area contributed by atoms with E-state index >= 15 is 0 Å². The summed E-state index contributed by atoms with van der Waals surface area (Å²) in [5.41, 5.74) is 0.315. The van der Waals surface area contributed by atoms with Crippen molar-refractivity contribution < 1.29 is 23.5 Å². The summed E-state index contributed by atoms with van der Waals surface area (Å²) in [6.45, 7) is -0.294. The van der Waals surface area contributed by atoms with Gasteiger partial charge in [-0.05, 0) is 30.3 Å². The molecule has 126 valence electrons. The third kappa shape index (κ3) is 5.89. The highest BCUT2D eigenvalue weighted by Crippen LogP contribution is 2.19. The second-order valence-electron chi connectivity index (χ2n) is 4.75. The molecule has 5 nitrogen and oxygen atoms in total. The van der Waals surface area contributed by atoms with Crippen LogP contribution in [-0.4, -0.2) is 25.1 Å². The number of para-hydroxylation sites is 1. The predicted molar refractivity (Wildman–Crippen MR) is 87.6 cm³/mol. The van der Waals surface area contributed by atoms with Crippen LogP contribution in [-0.2, 0) is 14.3 Å². The van der Waals surface area contributed by atoms with E-state index < -0.39 is 24.3 Å². The van der Waals surface area contributed by atoms with Crippen molar-refractivity contribution in [1.29, 1.82) is 0 Å². The van der Waals surface area contributed by atoms with Crippen molar-refractivity contribution in [3.63, 3.8) is 0 Å². The molecule has 24 heavy (non-hydrogen) atoms. The van der Waals surface area contributed by atoms with Crippen LogP contribution in [0.3, 0.4) is 0 Å². The lowest BCUT2D eigenvalue weighted by Crippen LogP contribution is -2.21. The van der Waals surface area contributed by atoms with Gasteiger partial charge in [-0.3, -0.25) is 9.59 Å². The normalized spacial score (nSPS) is 10.1. The third-order valence-corrected chi connectivity index (χ3v) is 3.18. The molecule has 0 aromatic heterocycles. The molecule has 0 radical (unpaired) electrons. The van der Waals surface area contributed by atoms with Crippen LogP contribution in [0, 0.1) is 5.82 Å². The van der Waals surface area contributed by atoms with E-state index in [4.69, 9.17) is 21.1 Å². The molecule has 2 rings (SSSR count). The monoisotopic (exact) mass is 351 g/mol. The van der Waals surface area contributed by atoms with Crippen molar-refractivity contribution in [1.82, 2.24) is 0 Å². The van der Waals surface area contributed by atoms with Crippen LogP contribution < -0.4 is 10.1 Å². The summed E-state index contributed by atoms with van der Waals surface area (Å²) < 4.78 is 23.2. The first-order valence-corrected chi connectivity index (χ1v) is 7.51. The fourth-order valence-corrected chi connectivity index (χ4v) is 1.94. The lowest BCUT2D eigenvalue weighted by atomic mass is 10.3. The summed E-state index contributed by atoms with van der Waals surface area (Å²) in [5.74, 6) is -1.04. The summed E-state index contributed by atoms with van der Waals surface area (Å²) in [5, 5.41) is 2.34.